The number of hydrazine groups is 2. The molecule has 3 heterocycles. The van der Waals surface area contributed by atoms with Crippen LogP contribution in [0.5, 0.6) is 0 Å². The van der Waals surface area contributed by atoms with Crippen LogP contribution in [0.1, 0.15) is 46.3 Å². The number of anilines is 7. The van der Waals surface area contributed by atoms with Crippen LogP contribution < -0.4 is 31.9 Å². The maximum absolute atomic E-state index is 13.5. The van der Waals surface area contributed by atoms with E-state index in [0.717, 1.165) is 46.3 Å². The number of carbonyl (C=O) groups excluding carboxylic acids is 1. The predicted molar refractivity (Wildman–Crippen MR) is 169 cm³/mol. The quantitative estimate of drug-likeness (QED) is 0.0827. The Morgan fingerprint density at radius 3 is 2.19 bits per heavy atom. The van der Waals surface area contributed by atoms with Crippen molar-refractivity contribution in [1.29, 1.82) is 0 Å². The van der Waals surface area contributed by atoms with Crippen LogP contribution >= 0.6 is 22.7 Å². The first-order valence-corrected chi connectivity index (χ1v) is 15.4. The third-order valence-corrected chi connectivity index (χ3v) is 8.74. The monoisotopic (exact) mass is 631 g/mol. The number of nitrogens with zero attached hydrogens (tertiary/aromatic N) is 2. The van der Waals surface area contributed by atoms with E-state index in [0.29, 0.717) is 17.0 Å². The molecular weight excluding hydrogens is 599 g/mol. The fourth-order valence-corrected chi connectivity index (χ4v) is 6.36. The first-order valence-electron chi connectivity index (χ1n) is 13.7. The average molecular weight is 632 g/mol. The van der Waals surface area contributed by atoms with Crippen molar-refractivity contribution in [2.75, 3.05) is 51.6 Å². The Labute approximate surface area is 255 Å². The smallest absolute Gasteiger partial charge is 0.435 e. The number of hydrogen-bond acceptors (Lipinski definition) is 11. The van der Waals surface area contributed by atoms with Gasteiger partial charge in [0.15, 0.2) is 10.8 Å². The summed E-state index contributed by atoms with van der Waals surface area (Å²) in [6, 6.07) is 15.5. The summed E-state index contributed by atoms with van der Waals surface area (Å²) in [5.74, 6) is -1.05. The SMILES string of the molecule is CCOC(=O)c1sc(Nc2ccc(NNc3ccc(NNc4ccc(N5CCCC5)s4)cc3C)cc2C)nc1C(F)(F)F. The van der Waals surface area contributed by atoms with Gasteiger partial charge in [-0.3, -0.25) is 5.43 Å². The van der Waals surface area contributed by atoms with Crippen molar-refractivity contribution in [3.05, 3.63) is 70.2 Å². The second kappa shape index (κ2) is 13.0. The molecule has 5 N–H and O–H groups in total. The molecule has 2 aromatic heterocycles. The first-order chi connectivity index (χ1) is 20.6. The van der Waals surface area contributed by atoms with Crippen molar-refractivity contribution in [2.24, 2.45) is 0 Å². The van der Waals surface area contributed by atoms with Gasteiger partial charge in [0.1, 0.15) is 9.88 Å². The fraction of sp³-hybridized carbons (Fsp3) is 0.310. The van der Waals surface area contributed by atoms with E-state index in [4.69, 9.17) is 4.74 Å². The van der Waals surface area contributed by atoms with Crippen molar-refractivity contribution in [3.63, 3.8) is 0 Å². The van der Waals surface area contributed by atoms with E-state index in [2.05, 4.69) is 49.0 Å². The largest absolute Gasteiger partial charge is 0.462 e. The molecule has 14 heteroatoms. The minimum atomic E-state index is -4.78. The lowest BCUT2D eigenvalue weighted by Crippen LogP contribution is -2.15. The topological polar surface area (TPSA) is 103 Å². The second-order valence-electron chi connectivity index (χ2n) is 9.93. The van der Waals surface area contributed by atoms with Gasteiger partial charge in [-0.1, -0.05) is 22.7 Å². The number of thiazole rings is 1. The van der Waals surface area contributed by atoms with Gasteiger partial charge in [-0.2, -0.15) is 13.2 Å². The molecule has 228 valence electrons. The van der Waals surface area contributed by atoms with Gasteiger partial charge in [-0.25, -0.2) is 9.78 Å². The van der Waals surface area contributed by atoms with Gasteiger partial charge in [0, 0.05) is 18.8 Å². The lowest BCUT2D eigenvalue weighted by Gasteiger charge is -2.16. The molecule has 0 atom stereocenters. The van der Waals surface area contributed by atoms with E-state index in [9.17, 15) is 18.0 Å². The summed E-state index contributed by atoms with van der Waals surface area (Å²) >= 11 is 2.33. The molecular formula is C29H32F3N7O2S2. The van der Waals surface area contributed by atoms with E-state index in [1.165, 1.54) is 24.8 Å². The lowest BCUT2D eigenvalue weighted by molar-refractivity contribution is -0.141. The molecule has 0 amide bonds. The number of benzene rings is 2. The summed E-state index contributed by atoms with van der Waals surface area (Å²) in [6.07, 6.45) is -2.28. The minimum absolute atomic E-state index is 0.0362. The summed E-state index contributed by atoms with van der Waals surface area (Å²) in [7, 11) is 0. The summed E-state index contributed by atoms with van der Waals surface area (Å²) in [6.45, 7) is 7.55. The Balaban J connectivity index is 1.17. The summed E-state index contributed by atoms with van der Waals surface area (Å²) < 4.78 is 45.1. The normalized spacial score (nSPS) is 13.1. The molecule has 4 aromatic rings. The van der Waals surface area contributed by atoms with Gasteiger partial charge in [0.25, 0.3) is 0 Å². The highest BCUT2D eigenvalue weighted by atomic mass is 32.1. The predicted octanol–water partition coefficient (Wildman–Crippen LogP) is 8.24. The molecule has 0 spiro atoms. The summed E-state index contributed by atoms with van der Waals surface area (Å²) in [5.41, 5.74) is 16.5. The molecule has 0 aliphatic carbocycles. The molecule has 0 unspecified atom stereocenters. The number of halogens is 3. The Bertz CT molecular complexity index is 1580. The van der Waals surface area contributed by atoms with Gasteiger partial charge in [0.05, 0.1) is 28.7 Å². The van der Waals surface area contributed by atoms with E-state index in [1.807, 2.05) is 38.1 Å². The standard InChI is InChI=1S/C29H32F3N7O2S2/c1-4-41-27(40)25-26(29(30,31)32)34-28(43-25)33-21-9-7-19(15-17(21)2)35-37-22-10-8-20(16-18(22)3)36-38-23-11-12-24(42-23)39-13-5-6-14-39/h7-12,15-16,35-38H,4-6,13-14H2,1-3H3,(H,33,34). The molecule has 1 fully saturated rings. The number of carbonyl (C=O) groups is 1. The van der Waals surface area contributed by atoms with E-state index >= 15 is 0 Å². The third kappa shape index (κ3) is 7.43. The van der Waals surface area contributed by atoms with Crippen molar-refractivity contribution < 1.29 is 22.7 Å². The molecule has 1 aliphatic rings. The molecule has 43 heavy (non-hydrogen) atoms. The van der Waals surface area contributed by atoms with E-state index in [1.54, 1.807) is 23.5 Å². The van der Waals surface area contributed by atoms with Crippen molar-refractivity contribution in [1.82, 2.24) is 4.98 Å². The lowest BCUT2D eigenvalue weighted by atomic mass is 10.1. The van der Waals surface area contributed by atoms with E-state index in [-0.39, 0.29) is 11.7 Å². The highest BCUT2D eigenvalue weighted by Crippen LogP contribution is 2.38. The number of alkyl halides is 3. The Kier molecular flexibility index (Phi) is 9.16. The van der Waals surface area contributed by atoms with E-state index < -0.39 is 22.7 Å². The van der Waals surface area contributed by atoms with Crippen LogP contribution in [0, 0.1) is 13.8 Å². The van der Waals surface area contributed by atoms with Gasteiger partial charge in [-0.05, 0) is 93.3 Å². The van der Waals surface area contributed by atoms with Crippen LogP contribution in [0.2, 0.25) is 0 Å². The van der Waals surface area contributed by atoms with Crippen molar-refractivity contribution in [3.8, 4) is 0 Å². The highest BCUT2D eigenvalue weighted by Gasteiger charge is 2.40. The number of hydrogen-bond donors (Lipinski definition) is 5. The van der Waals surface area contributed by atoms with Gasteiger partial charge >= 0.3 is 12.1 Å². The Morgan fingerprint density at radius 1 is 0.907 bits per heavy atom. The highest BCUT2D eigenvalue weighted by molar-refractivity contribution is 7.20. The summed E-state index contributed by atoms with van der Waals surface area (Å²) in [4.78, 5) is 17.5. The van der Waals surface area contributed by atoms with Crippen LogP contribution in [-0.2, 0) is 10.9 Å². The molecule has 2 aromatic carbocycles. The maximum Gasteiger partial charge on any atom is 0.435 e. The zero-order chi connectivity index (χ0) is 30.6. The van der Waals surface area contributed by atoms with Crippen molar-refractivity contribution >= 4 is 66.5 Å². The number of esters is 1. The zero-order valence-corrected chi connectivity index (χ0v) is 25.4. The minimum Gasteiger partial charge on any atom is -0.462 e. The van der Waals surface area contributed by atoms with Crippen LogP contribution in [0.4, 0.5) is 51.1 Å². The fourth-order valence-electron chi connectivity index (χ4n) is 4.55. The molecule has 0 saturated carbocycles. The molecule has 0 radical (unpaired) electrons. The number of thiophene rings is 1. The van der Waals surface area contributed by atoms with Gasteiger partial charge < -0.3 is 31.2 Å². The number of ether oxygens (including phenoxy) is 1. The Morgan fingerprint density at radius 2 is 1.56 bits per heavy atom. The third-order valence-electron chi connectivity index (χ3n) is 6.73. The van der Waals surface area contributed by atoms with Crippen LogP contribution in [0.25, 0.3) is 0 Å². The molecule has 1 saturated heterocycles. The zero-order valence-electron chi connectivity index (χ0n) is 23.8. The van der Waals surface area contributed by atoms with Crippen LogP contribution in [0.3, 0.4) is 0 Å². The van der Waals surface area contributed by atoms with Crippen LogP contribution in [0.15, 0.2) is 48.5 Å². The van der Waals surface area contributed by atoms with Crippen LogP contribution in [-0.4, -0.2) is 30.6 Å². The van der Waals surface area contributed by atoms with Gasteiger partial charge in [-0.15, -0.1) is 0 Å². The average Bonchev–Trinajstić information content (AvgIpc) is 3.74. The van der Waals surface area contributed by atoms with Gasteiger partial charge in [0.2, 0.25) is 0 Å². The van der Waals surface area contributed by atoms with Crippen molar-refractivity contribution in [2.45, 2.75) is 39.8 Å². The molecule has 1 aliphatic heterocycles. The number of aryl methyl sites for hydroxylation is 2. The second-order valence-corrected chi connectivity index (χ2v) is 12.0. The number of nitrogens with one attached hydrogen (secondary N) is 5. The number of rotatable bonds is 11. The number of aromatic nitrogens is 1. The summed E-state index contributed by atoms with van der Waals surface area (Å²) in [5, 5.41) is 5.17. The molecule has 5 rings (SSSR count). The molecule has 0 bridgehead atoms. The first kappa shape index (κ1) is 30.3. The maximum atomic E-state index is 13.5. The Hall–Kier alpha value is -4.17. The molecule has 9 nitrogen and oxygen atoms in total.